The van der Waals surface area contributed by atoms with Gasteiger partial charge >= 0.3 is 5.97 Å². The lowest BCUT2D eigenvalue weighted by Crippen LogP contribution is -2.46. The summed E-state index contributed by atoms with van der Waals surface area (Å²) in [6.45, 7) is 2.33. The first-order valence-electron chi connectivity index (χ1n) is 7.48. The van der Waals surface area contributed by atoms with E-state index < -0.39 is 11.0 Å². The summed E-state index contributed by atoms with van der Waals surface area (Å²) in [5.41, 5.74) is 0.729. The molecule has 0 unspecified atom stereocenters. The summed E-state index contributed by atoms with van der Waals surface area (Å²) in [5, 5.41) is 10.6. The van der Waals surface area contributed by atoms with E-state index in [0.717, 1.165) is 32.1 Å². The largest absolute Gasteiger partial charge is 0.469 e. The molecule has 0 amide bonds. The van der Waals surface area contributed by atoms with E-state index in [2.05, 4.69) is 13.0 Å². The van der Waals surface area contributed by atoms with Crippen LogP contribution >= 0.6 is 0 Å². The molecule has 0 aromatic rings. The van der Waals surface area contributed by atoms with Gasteiger partial charge in [-0.05, 0) is 49.9 Å². The second kappa shape index (κ2) is 3.25. The van der Waals surface area contributed by atoms with Crippen LogP contribution in [-0.4, -0.2) is 23.8 Å². The maximum absolute atomic E-state index is 12.5. The fraction of sp³-hybridized carbons (Fsp3) is 0.812. The highest BCUT2D eigenvalue weighted by molar-refractivity contribution is 5.81. The summed E-state index contributed by atoms with van der Waals surface area (Å²) in [4.78, 5) is 12.5. The Morgan fingerprint density at radius 2 is 2.16 bits per heavy atom. The zero-order valence-electron chi connectivity index (χ0n) is 11.7. The Hall–Kier alpha value is -0.830. The van der Waals surface area contributed by atoms with Crippen molar-refractivity contribution in [2.45, 2.75) is 51.0 Å². The smallest absolute Gasteiger partial charge is 0.312 e. The molecule has 4 rings (SSSR count). The van der Waals surface area contributed by atoms with Crippen LogP contribution in [-0.2, 0) is 9.53 Å². The van der Waals surface area contributed by atoms with Crippen molar-refractivity contribution >= 4 is 5.97 Å². The lowest BCUT2D eigenvalue weighted by Gasteiger charge is -2.47. The fourth-order valence-corrected chi connectivity index (χ4v) is 5.52. The Balaban J connectivity index is 1.81. The van der Waals surface area contributed by atoms with E-state index in [1.54, 1.807) is 0 Å². The van der Waals surface area contributed by atoms with Crippen LogP contribution in [0.5, 0.6) is 0 Å². The Morgan fingerprint density at radius 1 is 1.37 bits per heavy atom. The van der Waals surface area contributed by atoms with Gasteiger partial charge in [-0.3, -0.25) is 4.79 Å². The molecule has 104 valence electrons. The third kappa shape index (κ3) is 1.21. The van der Waals surface area contributed by atoms with Gasteiger partial charge in [0, 0.05) is 5.92 Å². The minimum Gasteiger partial charge on any atom is -0.469 e. The normalized spacial score (nSPS) is 53.9. The topological polar surface area (TPSA) is 46.5 Å². The summed E-state index contributed by atoms with van der Waals surface area (Å²) in [6, 6.07) is 0. The van der Waals surface area contributed by atoms with Crippen molar-refractivity contribution in [1.82, 2.24) is 0 Å². The van der Waals surface area contributed by atoms with Crippen LogP contribution in [0.3, 0.4) is 0 Å². The number of carbonyl (C=O) groups is 1. The highest BCUT2D eigenvalue weighted by Crippen LogP contribution is 2.75. The molecule has 0 spiro atoms. The fourth-order valence-electron chi connectivity index (χ4n) is 5.52. The van der Waals surface area contributed by atoms with Crippen molar-refractivity contribution in [2.75, 3.05) is 7.11 Å². The van der Waals surface area contributed by atoms with Crippen molar-refractivity contribution in [3.63, 3.8) is 0 Å². The number of hydrogen-bond acceptors (Lipinski definition) is 3. The first-order chi connectivity index (χ1) is 8.96. The number of allylic oxidation sites excluding steroid dienone is 2. The standard InChI is InChI=1S/C16H22O3/c1-14-5-3-4-10(14)11-8-15(18)9-12(15)16(11,7-6-14)13(17)19-2/h4,11-12,18H,3,5-9H2,1-2H3/t11-,12+,14+,15-,16-/m1/s1. The predicted octanol–water partition coefficient (Wildman–Crippen LogP) is 2.44. The van der Waals surface area contributed by atoms with E-state index in [0.29, 0.717) is 0 Å². The quantitative estimate of drug-likeness (QED) is 0.583. The maximum atomic E-state index is 12.5. The lowest BCUT2D eigenvalue weighted by molar-refractivity contribution is -0.159. The van der Waals surface area contributed by atoms with E-state index in [-0.39, 0.29) is 23.2 Å². The summed E-state index contributed by atoms with van der Waals surface area (Å²) in [6.07, 6.45) is 8.20. The van der Waals surface area contributed by atoms with E-state index in [9.17, 15) is 9.90 Å². The van der Waals surface area contributed by atoms with E-state index in [1.165, 1.54) is 19.1 Å². The van der Waals surface area contributed by atoms with Crippen LogP contribution in [0, 0.1) is 22.7 Å². The maximum Gasteiger partial charge on any atom is 0.312 e. The number of rotatable bonds is 1. The molecule has 4 aliphatic rings. The molecule has 0 radical (unpaired) electrons. The number of methoxy groups -OCH3 is 1. The van der Waals surface area contributed by atoms with Crippen molar-refractivity contribution in [3.05, 3.63) is 11.6 Å². The van der Waals surface area contributed by atoms with Crippen molar-refractivity contribution in [2.24, 2.45) is 22.7 Å². The van der Waals surface area contributed by atoms with Gasteiger partial charge in [-0.15, -0.1) is 0 Å². The SMILES string of the molecule is COC(=O)[C@]12CC[C@]3(C)CCC=C3[C@H]1C[C@@]1(O)C[C@@H]12. The molecule has 0 aliphatic heterocycles. The average Bonchev–Trinajstić information content (AvgIpc) is 2.80. The van der Waals surface area contributed by atoms with Crippen LogP contribution < -0.4 is 0 Å². The molecule has 19 heavy (non-hydrogen) atoms. The highest BCUT2D eigenvalue weighted by Gasteiger charge is 2.77. The third-order valence-electron chi connectivity index (χ3n) is 6.64. The van der Waals surface area contributed by atoms with Gasteiger partial charge in [0.15, 0.2) is 0 Å². The molecular weight excluding hydrogens is 240 g/mol. The molecule has 4 aliphatic carbocycles. The summed E-state index contributed by atoms with van der Waals surface area (Å²) in [5.74, 6) is 0.291. The lowest BCUT2D eigenvalue weighted by atomic mass is 9.56. The van der Waals surface area contributed by atoms with Crippen molar-refractivity contribution in [3.8, 4) is 0 Å². The predicted molar refractivity (Wildman–Crippen MR) is 70.3 cm³/mol. The van der Waals surface area contributed by atoms with Crippen molar-refractivity contribution < 1.29 is 14.6 Å². The molecule has 3 saturated carbocycles. The van der Waals surface area contributed by atoms with Gasteiger partial charge in [-0.25, -0.2) is 0 Å². The number of carbonyl (C=O) groups excluding carboxylic acids is 1. The Bertz CT molecular complexity index is 496. The molecule has 1 N–H and O–H groups in total. The molecule has 5 atom stereocenters. The van der Waals surface area contributed by atoms with E-state index in [4.69, 9.17) is 4.74 Å². The van der Waals surface area contributed by atoms with Gasteiger partial charge in [-0.1, -0.05) is 18.6 Å². The van der Waals surface area contributed by atoms with E-state index >= 15 is 0 Å². The highest BCUT2D eigenvalue weighted by atomic mass is 16.5. The van der Waals surface area contributed by atoms with Crippen LogP contribution in [0.2, 0.25) is 0 Å². The van der Waals surface area contributed by atoms with Crippen LogP contribution in [0.15, 0.2) is 11.6 Å². The van der Waals surface area contributed by atoms with Crippen LogP contribution in [0.4, 0.5) is 0 Å². The Labute approximate surface area is 114 Å². The molecule has 3 fully saturated rings. The summed E-state index contributed by atoms with van der Waals surface area (Å²) >= 11 is 0. The molecule has 3 heteroatoms. The zero-order valence-corrected chi connectivity index (χ0v) is 11.7. The second-order valence-corrected chi connectivity index (χ2v) is 7.41. The zero-order chi connectivity index (χ0) is 13.5. The average molecular weight is 262 g/mol. The molecule has 0 aromatic heterocycles. The Kier molecular flexibility index (Phi) is 2.04. The van der Waals surface area contributed by atoms with Crippen molar-refractivity contribution in [1.29, 1.82) is 0 Å². The van der Waals surface area contributed by atoms with Crippen LogP contribution in [0.25, 0.3) is 0 Å². The van der Waals surface area contributed by atoms with Gasteiger partial charge in [0.05, 0.1) is 18.1 Å². The minimum absolute atomic E-state index is 0.0780. The first kappa shape index (κ1) is 12.0. The molecular formula is C16H22O3. The van der Waals surface area contributed by atoms with E-state index in [1.807, 2.05) is 0 Å². The molecule has 3 nitrogen and oxygen atoms in total. The van der Waals surface area contributed by atoms with Crippen LogP contribution in [0.1, 0.15) is 45.4 Å². The number of esters is 1. The monoisotopic (exact) mass is 262 g/mol. The number of hydrogen-bond donors (Lipinski definition) is 1. The molecule has 0 saturated heterocycles. The minimum atomic E-state index is -0.576. The number of fused-ring (bicyclic) bond motifs is 5. The van der Waals surface area contributed by atoms with Gasteiger partial charge in [-0.2, -0.15) is 0 Å². The third-order valence-corrected chi connectivity index (χ3v) is 6.64. The van der Waals surface area contributed by atoms with Gasteiger partial charge in [0.25, 0.3) is 0 Å². The number of ether oxygens (including phenoxy) is 1. The number of aliphatic hydroxyl groups is 1. The molecule has 0 bridgehead atoms. The molecule has 0 aromatic carbocycles. The Morgan fingerprint density at radius 3 is 2.89 bits per heavy atom. The van der Waals surface area contributed by atoms with Gasteiger partial charge in [0.1, 0.15) is 0 Å². The summed E-state index contributed by atoms with van der Waals surface area (Å²) in [7, 11) is 1.49. The summed E-state index contributed by atoms with van der Waals surface area (Å²) < 4.78 is 5.14. The second-order valence-electron chi connectivity index (χ2n) is 7.41. The first-order valence-corrected chi connectivity index (χ1v) is 7.48. The van der Waals surface area contributed by atoms with Gasteiger partial charge in [0.2, 0.25) is 0 Å². The molecule has 0 heterocycles. The van der Waals surface area contributed by atoms with Gasteiger partial charge < -0.3 is 9.84 Å².